The molecule has 1 aromatic rings. The van der Waals surface area contributed by atoms with Crippen molar-refractivity contribution in [2.24, 2.45) is 0 Å². The van der Waals surface area contributed by atoms with E-state index in [9.17, 15) is 19.5 Å². The number of aromatic hydroxyl groups is 1. The molecule has 0 atom stereocenters. The molecule has 1 aromatic carbocycles. The van der Waals surface area contributed by atoms with Crippen LogP contribution in [0.4, 0.5) is 5.69 Å². The summed E-state index contributed by atoms with van der Waals surface area (Å²) >= 11 is 0. The largest absolute Gasteiger partial charge is 0.507 e. The first-order valence-electron chi connectivity index (χ1n) is 5.50. The highest BCUT2D eigenvalue weighted by Gasteiger charge is 2.10. The smallest absolute Gasteiger partial charge is 0.339 e. The van der Waals surface area contributed by atoms with Crippen LogP contribution in [0.2, 0.25) is 0 Å². The monoisotopic (exact) mass is 266 g/mol. The van der Waals surface area contributed by atoms with Crippen LogP contribution < -0.4 is 10.6 Å². The fourth-order valence-corrected chi connectivity index (χ4v) is 1.37. The summed E-state index contributed by atoms with van der Waals surface area (Å²) in [6, 6.07) is 3.72. The van der Waals surface area contributed by atoms with Gasteiger partial charge >= 0.3 is 5.97 Å². The van der Waals surface area contributed by atoms with Crippen molar-refractivity contribution >= 4 is 23.5 Å². The van der Waals surface area contributed by atoms with Crippen LogP contribution in [0.15, 0.2) is 18.2 Å². The van der Waals surface area contributed by atoms with Gasteiger partial charge < -0.3 is 20.8 Å². The maximum absolute atomic E-state index is 11.5. The van der Waals surface area contributed by atoms with Gasteiger partial charge in [-0.15, -0.1) is 0 Å². The lowest BCUT2D eigenvalue weighted by molar-refractivity contribution is -0.119. The van der Waals surface area contributed by atoms with E-state index in [1.54, 1.807) is 0 Å². The van der Waals surface area contributed by atoms with Gasteiger partial charge in [-0.2, -0.15) is 0 Å². The standard InChI is InChI=1S/C12H14N2O5/c1-7(15)13-5-4-11(17)14-8-2-3-9(12(18)19)10(16)6-8/h2-3,6,16H,4-5H2,1H3,(H,13,15)(H,14,17)(H,18,19). The molecule has 0 saturated heterocycles. The molecule has 0 aliphatic heterocycles. The van der Waals surface area contributed by atoms with Gasteiger partial charge in [0.1, 0.15) is 11.3 Å². The molecule has 7 nitrogen and oxygen atoms in total. The molecule has 0 aromatic heterocycles. The zero-order valence-corrected chi connectivity index (χ0v) is 10.3. The van der Waals surface area contributed by atoms with Gasteiger partial charge in [0.05, 0.1) is 0 Å². The third-order valence-electron chi connectivity index (χ3n) is 2.24. The minimum atomic E-state index is -1.25. The van der Waals surface area contributed by atoms with Crippen molar-refractivity contribution in [3.8, 4) is 5.75 Å². The first-order valence-corrected chi connectivity index (χ1v) is 5.50. The Balaban J connectivity index is 2.58. The Morgan fingerprint density at radius 3 is 2.47 bits per heavy atom. The third-order valence-corrected chi connectivity index (χ3v) is 2.24. The van der Waals surface area contributed by atoms with Gasteiger partial charge in [-0.1, -0.05) is 0 Å². The number of rotatable bonds is 5. The van der Waals surface area contributed by atoms with Gasteiger partial charge in [-0.25, -0.2) is 4.79 Å². The number of phenols is 1. The van der Waals surface area contributed by atoms with Crippen LogP contribution >= 0.6 is 0 Å². The molecule has 1 rings (SSSR count). The van der Waals surface area contributed by atoms with Gasteiger partial charge in [0.2, 0.25) is 11.8 Å². The number of carboxylic acids is 1. The number of nitrogens with one attached hydrogen (secondary N) is 2. The fraction of sp³-hybridized carbons (Fsp3) is 0.250. The summed E-state index contributed by atoms with van der Waals surface area (Å²) in [4.78, 5) is 32.7. The van der Waals surface area contributed by atoms with E-state index in [0.717, 1.165) is 6.07 Å². The van der Waals surface area contributed by atoms with Gasteiger partial charge in [0, 0.05) is 31.6 Å². The number of carboxylic acid groups (broad SMARTS) is 1. The van der Waals surface area contributed by atoms with E-state index in [2.05, 4.69) is 10.6 Å². The summed E-state index contributed by atoms with van der Waals surface area (Å²) in [6.07, 6.45) is 0.0843. The average molecular weight is 266 g/mol. The molecule has 2 amide bonds. The number of amides is 2. The Bertz CT molecular complexity index is 513. The SMILES string of the molecule is CC(=O)NCCC(=O)Nc1ccc(C(=O)O)c(O)c1. The van der Waals surface area contributed by atoms with Crippen LogP contribution in [0, 0.1) is 0 Å². The highest BCUT2D eigenvalue weighted by molar-refractivity contribution is 5.94. The number of carbonyl (C=O) groups excluding carboxylic acids is 2. The average Bonchev–Trinajstić information content (AvgIpc) is 2.27. The van der Waals surface area contributed by atoms with E-state index in [0.29, 0.717) is 0 Å². The Morgan fingerprint density at radius 2 is 1.95 bits per heavy atom. The molecule has 0 unspecified atom stereocenters. The maximum Gasteiger partial charge on any atom is 0.339 e. The summed E-state index contributed by atoms with van der Waals surface area (Å²) < 4.78 is 0. The quantitative estimate of drug-likeness (QED) is 0.621. The normalized spacial score (nSPS) is 9.74. The predicted octanol–water partition coefficient (Wildman–Crippen LogP) is 0.555. The van der Waals surface area contributed by atoms with E-state index in [1.807, 2.05) is 0 Å². The Hall–Kier alpha value is -2.57. The topological polar surface area (TPSA) is 116 Å². The summed E-state index contributed by atoms with van der Waals surface area (Å²) in [6.45, 7) is 1.56. The van der Waals surface area contributed by atoms with Crippen LogP contribution in [0.1, 0.15) is 23.7 Å². The minimum absolute atomic E-state index is 0.0843. The number of carbonyl (C=O) groups is 3. The fourth-order valence-electron chi connectivity index (χ4n) is 1.37. The molecular formula is C12H14N2O5. The molecule has 4 N–H and O–H groups in total. The van der Waals surface area contributed by atoms with Crippen molar-refractivity contribution in [3.63, 3.8) is 0 Å². The zero-order chi connectivity index (χ0) is 14.4. The zero-order valence-electron chi connectivity index (χ0n) is 10.3. The van der Waals surface area contributed by atoms with E-state index in [-0.39, 0.29) is 36.0 Å². The van der Waals surface area contributed by atoms with Crippen LogP contribution in [0.25, 0.3) is 0 Å². The lowest BCUT2D eigenvalue weighted by atomic mass is 10.2. The van der Waals surface area contributed by atoms with E-state index in [4.69, 9.17) is 5.11 Å². The number of benzene rings is 1. The van der Waals surface area contributed by atoms with Gasteiger partial charge in [-0.05, 0) is 12.1 Å². The third kappa shape index (κ3) is 4.66. The van der Waals surface area contributed by atoms with Crippen LogP contribution in [0.5, 0.6) is 5.75 Å². The van der Waals surface area contributed by atoms with Gasteiger partial charge in [0.15, 0.2) is 0 Å². The van der Waals surface area contributed by atoms with E-state index < -0.39 is 11.7 Å². The maximum atomic E-state index is 11.5. The second kappa shape index (κ2) is 6.39. The second-order valence-corrected chi connectivity index (χ2v) is 3.82. The number of anilines is 1. The number of aromatic carboxylic acids is 1. The molecule has 0 heterocycles. The van der Waals surface area contributed by atoms with Crippen molar-refractivity contribution < 1.29 is 24.6 Å². The molecule has 0 bridgehead atoms. The van der Waals surface area contributed by atoms with Crippen molar-refractivity contribution in [2.75, 3.05) is 11.9 Å². The number of hydrogen-bond acceptors (Lipinski definition) is 4. The van der Waals surface area contributed by atoms with Crippen molar-refractivity contribution in [1.82, 2.24) is 5.32 Å². The Kier molecular flexibility index (Phi) is 4.87. The lowest BCUT2D eigenvalue weighted by Gasteiger charge is -2.07. The summed E-state index contributed by atoms with van der Waals surface area (Å²) in [5.74, 6) is -2.25. The summed E-state index contributed by atoms with van der Waals surface area (Å²) in [5.41, 5.74) is 0.0478. The molecule has 102 valence electrons. The highest BCUT2D eigenvalue weighted by atomic mass is 16.4. The van der Waals surface area contributed by atoms with Crippen LogP contribution in [0.3, 0.4) is 0 Å². The van der Waals surface area contributed by atoms with E-state index in [1.165, 1.54) is 19.1 Å². The van der Waals surface area contributed by atoms with Crippen LogP contribution in [-0.2, 0) is 9.59 Å². The molecule has 7 heteroatoms. The lowest BCUT2D eigenvalue weighted by Crippen LogP contribution is -2.25. The minimum Gasteiger partial charge on any atom is -0.507 e. The Morgan fingerprint density at radius 1 is 1.26 bits per heavy atom. The summed E-state index contributed by atoms with van der Waals surface area (Å²) in [7, 11) is 0. The molecule has 0 fully saturated rings. The van der Waals surface area contributed by atoms with Crippen LogP contribution in [-0.4, -0.2) is 34.5 Å². The first-order chi connectivity index (χ1) is 8.90. The molecule has 0 aliphatic carbocycles. The van der Waals surface area contributed by atoms with E-state index >= 15 is 0 Å². The molecule has 0 radical (unpaired) electrons. The molecule has 0 aliphatic rings. The molecule has 0 spiro atoms. The highest BCUT2D eigenvalue weighted by Crippen LogP contribution is 2.21. The van der Waals surface area contributed by atoms with Gasteiger partial charge in [0.25, 0.3) is 0 Å². The first kappa shape index (κ1) is 14.5. The second-order valence-electron chi connectivity index (χ2n) is 3.82. The van der Waals surface area contributed by atoms with Gasteiger partial charge in [-0.3, -0.25) is 9.59 Å². The number of hydrogen-bond donors (Lipinski definition) is 4. The molecule has 0 saturated carbocycles. The molecular weight excluding hydrogens is 252 g/mol. The molecule has 19 heavy (non-hydrogen) atoms. The Labute approximate surface area is 109 Å². The van der Waals surface area contributed by atoms with Crippen molar-refractivity contribution in [3.05, 3.63) is 23.8 Å². The predicted molar refractivity (Wildman–Crippen MR) is 67.0 cm³/mol. The van der Waals surface area contributed by atoms with Crippen molar-refractivity contribution in [2.45, 2.75) is 13.3 Å². The summed E-state index contributed by atoms with van der Waals surface area (Å²) in [5, 5.41) is 23.1. The van der Waals surface area contributed by atoms with Crippen molar-refractivity contribution in [1.29, 1.82) is 0 Å².